The van der Waals surface area contributed by atoms with Crippen LogP contribution in [0.25, 0.3) is 0 Å². The predicted molar refractivity (Wildman–Crippen MR) is 114 cm³/mol. The molecule has 1 aromatic heterocycles. The molecule has 32 heavy (non-hydrogen) atoms. The number of nitrogens with zero attached hydrogens (tertiary/aromatic N) is 2. The van der Waals surface area contributed by atoms with Crippen molar-refractivity contribution in [2.24, 2.45) is 11.8 Å². The lowest BCUT2D eigenvalue weighted by molar-refractivity contribution is -0.132. The lowest BCUT2D eigenvalue weighted by atomic mass is 9.74. The Kier molecular flexibility index (Phi) is 4.95. The number of carbonyl (C=O) groups excluding carboxylic acids is 2. The normalized spacial score (nSPS) is 27.2. The molecule has 0 N–H and O–H groups in total. The zero-order valence-corrected chi connectivity index (χ0v) is 18.6. The summed E-state index contributed by atoms with van der Waals surface area (Å²) in [7, 11) is 3.09. The first-order valence-electron chi connectivity index (χ1n) is 10.9. The SMILES string of the molecule is COc1cccc(C2C3=C(OC4CCC(C)CC4C3=O)C(=O)N2c2cc(C)on2)c1OC. The topological polar surface area (TPSA) is 91.1 Å². The number of hydrogen-bond acceptors (Lipinski definition) is 7. The maximum atomic E-state index is 13.8. The van der Waals surface area contributed by atoms with Crippen LogP contribution >= 0.6 is 0 Å². The van der Waals surface area contributed by atoms with Gasteiger partial charge in [0, 0.05) is 11.6 Å². The summed E-state index contributed by atoms with van der Waals surface area (Å²) in [4.78, 5) is 28.9. The van der Waals surface area contributed by atoms with Crippen LogP contribution in [0.4, 0.5) is 5.82 Å². The molecular weight excluding hydrogens is 412 g/mol. The molecular formula is C24H26N2O6. The van der Waals surface area contributed by atoms with Crippen molar-refractivity contribution >= 4 is 17.5 Å². The summed E-state index contributed by atoms with van der Waals surface area (Å²) < 4.78 is 22.6. The van der Waals surface area contributed by atoms with Crippen LogP contribution in [0.15, 0.2) is 40.1 Å². The average Bonchev–Trinajstić information content (AvgIpc) is 3.34. The third-order valence-electron chi connectivity index (χ3n) is 6.70. The molecule has 1 fully saturated rings. The number of amides is 1. The van der Waals surface area contributed by atoms with E-state index in [0.29, 0.717) is 40.1 Å². The van der Waals surface area contributed by atoms with Gasteiger partial charge < -0.3 is 18.7 Å². The minimum absolute atomic E-state index is 0.0336. The molecule has 3 aliphatic rings. The molecule has 8 nitrogen and oxygen atoms in total. The number of methoxy groups -OCH3 is 2. The third-order valence-corrected chi connectivity index (χ3v) is 6.70. The van der Waals surface area contributed by atoms with E-state index in [4.69, 9.17) is 18.7 Å². The van der Waals surface area contributed by atoms with Crippen molar-refractivity contribution in [1.82, 2.24) is 5.16 Å². The fourth-order valence-electron chi connectivity index (χ4n) is 5.20. The van der Waals surface area contributed by atoms with Crippen LogP contribution in [0.3, 0.4) is 0 Å². The molecule has 1 aromatic carbocycles. The van der Waals surface area contributed by atoms with Gasteiger partial charge in [-0.2, -0.15) is 0 Å². The zero-order valence-electron chi connectivity index (χ0n) is 18.6. The number of ketones is 1. The van der Waals surface area contributed by atoms with Crippen molar-refractivity contribution in [1.29, 1.82) is 0 Å². The Morgan fingerprint density at radius 2 is 1.97 bits per heavy atom. The number of para-hydroxylation sites is 1. The van der Waals surface area contributed by atoms with Gasteiger partial charge in [-0.15, -0.1) is 0 Å². The molecule has 1 saturated carbocycles. The van der Waals surface area contributed by atoms with Crippen LogP contribution in [-0.2, 0) is 14.3 Å². The third kappa shape index (κ3) is 3.00. The van der Waals surface area contributed by atoms with Gasteiger partial charge in [-0.05, 0) is 38.2 Å². The van der Waals surface area contributed by atoms with Crippen LogP contribution < -0.4 is 14.4 Å². The van der Waals surface area contributed by atoms with Gasteiger partial charge >= 0.3 is 0 Å². The molecule has 168 valence electrons. The number of aryl methyl sites for hydroxylation is 1. The Bertz CT molecular complexity index is 1120. The Labute approximate surface area is 186 Å². The monoisotopic (exact) mass is 438 g/mol. The van der Waals surface area contributed by atoms with Gasteiger partial charge in [-0.3, -0.25) is 14.5 Å². The van der Waals surface area contributed by atoms with Crippen molar-refractivity contribution in [3.8, 4) is 11.5 Å². The Balaban J connectivity index is 1.70. The first kappa shape index (κ1) is 20.6. The van der Waals surface area contributed by atoms with Crippen molar-refractivity contribution in [2.45, 2.75) is 45.3 Å². The second-order valence-corrected chi connectivity index (χ2v) is 8.74. The summed E-state index contributed by atoms with van der Waals surface area (Å²) in [5.74, 6) is 1.71. The van der Waals surface area contributed by atoms with Crippen molar-refractivity contribution in [3.63, 3.8) is 0 Å². The number of fused-ring (bicyclic) bond motifs is 1. The maximum absolute atomic E-state index is 13.8. The lowest BCUT2D eigenvalue weighted by Gasteiger charge is -2.37. The van der Waals surface area contributed by atoms with Gasteiger partial charge in [0.25, 0.3) is 5.91 Å². The first-order chi connectivity index (χ1) is 15.4. The highest BCUT2D eigenvalue weighted by molar-refractivity contribution is 6.17. The number of rotatable bonds is 4. The molecule has 0 bridgehead atoms. The molecule has 4 atom stereocenters. The molecule has 2 aromatic rings. The summed E-state index contributed by atoms with van der Waals surface area (Å²) >= 11 is 0. The smallest absolute Gasteiger partial charge is 0.295 e. The largest absolute Gasteiger partial charge is 0.493 e. The Morgan fingerprint density at radius 3 is 2.66 bits per heavy atom. The maximum Gasteiger partial charge on any atom is 0.295 e. The lowest BCUT2D eigenvalue weighted by Crippen LogP contribution is -2.41. The summed E-state index contributed by atoms with van der Waals surface area (Å²) in [6.07, 6.45) is 2.22. The van der Waals surface area contributed by atoms with Crippen LogP contribution in [0.1, 0.15) is 43.6 Å². The number of hydrogen-bond donors (Lipinski definition) is 0. The average molecular weight is 438 g/mol. The van der Waals surface area contributed by atoms with Crippen molar-refractivity contribution < 1.29 is 28.3 Å². The van der Waals surface area contributed by atoms with Crippen molar-refractivity contribution in [3.05, 3.63) is 46.9 Å². The molecule has 2 aliphatic heterocycles. The standard InChI is InChI=1S/C24H26N2O6/c1-12-8-9-16-15(10-12)21(27)19-20(14-6-5-7-17(29-3)22(14)30-4)26(24(28)23(19)31-16)18-11-13(2)32-25-18/h5-7,11-12,15-16,20H,8-10H2,1-4H3. The van der Waals surface area contributed by atoms with E-state index in [2.05, 4.69) is 12.1 Å². The summed E-state index contributed by atoms with van der Waals surface area (Å²) in [5.41, 5.74) is 0.989. The number of aromatic nitrogens is 1. The van der Waals surface area contributed by atoms with E-state index in [9.17, 15) is 9.59 Å². The van der Waals surface area contributed by atoms with Crippen LogP contribution in [-0.4, -0.2) is 37.2 Å². The zero-order chi connectivity index (χ0) is 22.6. The Hall–Kier alpha value is -3.29. The van der Waals surface area contributed by atoms with E-state index in [-0.39, 0.29) is 23.6 Å². The number of carbonyl (C=O) groups is 2. The minimum atomic E-state index is -0.752. The predicted octanol–water partition coefficient (Wildman–Crippen LogP) is 3.75. The fourth-order valence-corrected chi connectivity index (χ4v) is 5.20. The van der Waals surface area contributed by atoms with E-state index < -0.39 is 11.9 Å². The van der Waals surface area contributed by atoms with E-state index in [0.717, 1.165) is 19.3 Å². The molecule has 1 aliphatic carbocycles. The fraction of sp³-hybridized carbons (Fsp3) is 0.458. The summed E-state index contributed by atoms with van der Waals surface area (Å²) in [6.45, 7) is 3.91. The molecule has 1 amide bonds. The van der Waals surface area contributed by atoms with Gasteiger partial charge in [-0.25, -0.2) is 0 Å². The van der Waals surface area contributed by atoms with Crippen LogP contribution in [0, 0.1) is 18.8 Å². The highest BCUT2D eigenvalue weighted by Gasteiger charge is 2.54. The minimum Gasteiger partial charge on any atom is -0.493 e. The molecule has 4 unspecified atom stereocenters. The highest BCUT2D eigenvalue weighted by atomic mass is 16.5. The van der Waals surface area contributed by atoms with Gasteiger partial charge in [-0.1, -0.05) is 24.2 Å². The molecule has 0 radical (unpaired) electrons. The number of ether oxygens (including phenoxy) is 3. The van der Waals surface area contributed by atoms with Gasteiger partial charge in [0.2, 0.25) is 0 Å². The van der Waals surface area contributed by atoms with E-state index in [1.54, 1.807) is 26.2 Å². The molecule has 0 saturated heterocycles. The summed E-state index contributed by atoms with van der Waals surface area (Å²) in [6, 6.07) is 6.34. The first-order valence-corrected chi connectivity index (χ1v) is 10.9. The van der Waals surface area contributed by atoms with Gasteiger partial charge in [0.1, 0.15) is 17.9 Å². The van der Waals surface area contributed by atoms with Gasteiger partial charge in [0.05, 0.1) is 25.7 Å². The van der Waals surface area contributed by atoms with Crippen LogP contribution in [0.5, 0.6) is 11.5 Å². The summed E-state index contributed by atoms with van der Waals surface area (Å²) in [5, 5.41) is 4.07. The van der Waals surface area contributed by atoms with Crippen LogP contribution in [0.2, 0.25) is 0 Å². The Morgan fingerprint density at radius 1 is 1.16 bits per heavy atom. The second kappa shape index (κ2) is 7.69. The number of Topliss-reactive ketones (excluding diaryl/α,β-unsaturated/α-hetero) is 1. The van der Waals surface area contributed by atoms with Crippen molar-refractivity contribution in [2.75, 3.05) is 19.1 Å². The molecule has 8 heteroatoms. The van der Waals surface area contributed by atoms with E-state index >= 15 is 0 Å². The van der Waals surface area contributed by atoms with Gasteiger partial charge in [0.15, 0.2) is 28.9 Å². The van der Waals surface area contributed by atoms with E-state index in [1.807, 2.05) is 12.1 Å². The van der Waals surface area contributed by atoms with E-state index in [1.165, 1.54) is 12.0 Å². The molecule has 3 heterocycles. The molecule has 5 rings (SSSR count). The second-order valence-electron chi connectivity index (χ2n) is 8.74. The molecule has 0 spiro atoms. The quantitative estimate of drug-likeness (QED) is 0.718. The number of anilines is 1. The number of benzene rings is 1. The highest BCUT2D eigenvalue weighted by Crippen LogP contribution is 2.51.